The van der Waals surface area contributed by atoms with Crippen molar-refractivity contribution in [2.24, 2.45) is 5.73 Å². The Morgan fingerprint density at radius 3 is 2.44 bits per heavy atom. The molecule has 0 radical (unpaired) electrons. The Labute approximate surface area is 92.2 Å². The van der Waals surface area contributed by atoms with Crippen LogP contribution in [0.2, 0.25) is 0 Å². The molecule has 1 atom stereocenters. The number of benzene rings is 1. The van der Waals surface area contributed by atoms with Crippen molar-refractivity contribution in [1.82, 2.24) is 0 Å². The maximum atomic E-state index is 11.2. The molecular formula is C9H11NO5S. The summed E-state index contributed by atoms with van der Waals surface area (Å²) >= 11 is 0. The minimum Gasteiger partial charge on any atom is -0.508 e. The summed E-state index contributed by atoms with van der Waals surface area (Å²) < 4.78 is 22.4. The van der Waals surface area contributed by atoms with Crippen LogP contribution >= 0.6 is 0 Å². The van der Waals surface area contributed by atoms with Gasteiger partial charge in [0.1, 0.15) is 11.8 Å². The fourth-order valence-corrected chi connectivity index (χ4v) is 1.80. The van der Waals surface area contributed by atoms with Crippen LogP contribution in [0.3, 0.4) is 0 Å². The van der Waals surface area contributed by atoms with Crippen molar-refractivity contribution in [2.45, 2.75) is 10.9 Å². The van der Waals surface area contributed by atoms with Gasteiger partial charge in [-0.1, -0.05) is 0 Å². The number of sulfone groups is 1. The molecule has 1 unspecified atom stereocenters. The summed E-state index contributed by atoms with van der Waals surface area (Å²) in [7, 11) is -3.46. The Hall–Kier alpha value is -1.60. The summed E-state index contributed by atoms with van der Waals surface area (Å²) in [6.07, 6.45) is 0.982. The standard InChI is InChI=1S/C9H11NO5S/c1-16(14,15)5-2-3-7(11)6(4-5)8(10)9(12)13/h2-4,8,11H,10H2,1H3,(H,12,13). The molecule has 0 bridgehead atoms. The lowest BCUT2D eigenvalue weighted by molar-refractivity contribution is -0.138. The largest absolute Gasteiger partial charge is 0.508 e. The van der Waals surface area contributed by atoms with E-state index < -0.39 is 21.8 Å². The minimum absolute atomic E-state index is 0.0861. The van der Waals surface area contributed by atoms with Gasteiger partial charge in [-0.2, -0.15) is 0 Å². The first kappa shape index (κ1) is 12.5. The van der Waals surface area contributed by atoms with E-state index in [1.54, 1.807) is 0 Å². The zero-order chi connectivity index (χ0) is 12.5. The molecule has 1 aromatic carbocycles. The molecule has 4 N–H and O–H groups in total. The average molecular weight is 245 g/mol. The molecule has 0 spiro atoms. The van der Waals surface area contributed by atoms with Crippen molar-refractivity contribution in [3.8, 4) is 5.75 Å². The molecule has 0 saturated carbocycles. The van der Waals surface area contributed by atoms with Crippen LogP contribution < -0.4 is 5.73 Å². The number of phenolic OH excluding ortho intramolecular Hbond substituents is 1. The maximum Gasteiger partial charge on any atom is 0.325 e. The van der Waals surface area contributed by atoms with E-state index in [-0.39, 0.29) is 16.2 Å². The van der Waals surface area contributed by atoms with Gasteiger partial charge in [-0.3, -0.25) is 4.79 Å². The summed E-state index contributed by atoms with van der Waals surface area (Å²) in [5.41, 5.74) is 5.17. The minimum atomic E-state index is -3.46. The predicted molar refractivity (Wildman–Crippen MR) is 55.8 cm³/mol. The number of phenols is 1. The van der Waals surface area contributed by atoms with Crippen molar-refractivity contribution in [1.29, 1.82) is 0 Å². The van der Waals surface area contributed by atoms with Crippen LogP contribution in [0.1, 0.15) is 11.6 Å². The number of nitrogens with two attached hydrogens (primary N) is 1. The van der Waals surface area contributed by atoms with Crippen molar-refractivity contribution < 1.29 is 23.4 Å². The van der Waals surface area contributed by atoms with Crippen LogP contribution in [-0.4, -0.2) is 30.9 Å². The van der Waals surface area contributed by atoms with E-state index >= 15 is 0 Å². The monoisotopic (exact) mass is 245 g/mol. The second-order valence-electron chi connectivity index (χ2n) is 3.31. The van der Waals surface area contributed by atoms with E-state index in [0.717, 1.165) is 18.4 Å². The molecule has 0 aromatic heterocycles. The summed E-state index contributed by atoms with van der Waals surface area (Å²) in [5.74, 6) is -1.69. The third-order valence-electron chi connectivity index (χ3n) is 2.03. The zero-order valence-corrected chi connectivity index (χ0v) is 9.23. The highest BCUT2D eigenvalue weighted by Crippen LogP contribution is 2.26. The van der Waals surface area contributed by atoms with E-state index in [2.05, 4.69) is 0 Å². The molecule has 7 heteroatoms. The second kappa shape index (κ2) is 4.11. The molecule has 0 saturated heterocycles. The number of carboxylic acid groups (broad SMARTS) is 1. The van der Waals surface area contributed by atoms with Crippen molar-refractivity contribution in [2.75, 3.05) is 6.26 Å². The quantitative estimate of drug-likeness (QED) is 0.683. The van der Waals surface area contributed by atoms with Crippen molar-refractivity contribution in [3.05, 3.63) is 23.8 Å². The van der Waals surface area contributed by atoms with Gasteiger partial charge in [0.25, 0.3) is 0 Å². The second-order valence-corrected chi connectivity index (χ2v) is 5.32. The number of aliphatic carboxylic acids is 1. The smallest absolute Gasteiger partial charge is 0.325 e. The lowest BCUT2D eigenvalue weighted by Crippen LogP contribution is -2.21. The number of carbonyl (C=O) groups is 1. The molecule has 1 rings (SSSR count). The molecule has 0 aliphatic rings. The normalized spacial score (nSPS) is 13.4. The van der Waals surface area contributed by atoms with Crippen molar-refractivity contribution in [3.63, 3.8) is 0 Å². The molecule has 0 fully saturated rings. The van der Waals surface area contributed by atoms with Gasteiger partial charge < -0.3 is 15.9 Å². The number of hydrogen-bond donors (Lipinski definition) is 3. The first-order chi connectivity index (χ1) is 7.23. The van der Waals surface area contributed by atoms with E-state index in [4.69, 9.17) is 10.8 Å². The molecule has 0 aliphatic heterocycles. The third-order valence-corrected chi connectivity index (χ3v) is 3.14. The summed E-state index contributed by atoms with van der Waals surface area (Å²) in [4.78, 5) is 10.5. The Morgan fingerprint density at radius 1 is 1.44 bits per heavy atom. The molecule has 16 heavy (non-hydrogen) atoms. The third kappa shape index (κ3) is 2.50. The zero-order valence-electron chi connectivity index (χ0n) is 8.41. The average Bonchev–Trinajstić information content (AvgIpc) is 2.15. The van der Waals surface area contributed by atoms with Gasteiger partial charge in [-0.05, 0) is 18.2 Å². The molecular weight excluding hydrogens is 234 g/mol. The van der Waals surface area contributed by atoms with Gasteiger partial charge in [0.15, 0.2) is 9.84 Å². The SMILES string of the molecule is CS(=O)(=O)c1ccc(O)c(C(N)C(=O)O)c1. The molecule has 0 heterocycles. The van der Waals surface area contributed by atoms with Gasteiger partial charge in [0.05, 0.1) is 4.90 Å². The lowest BCUT2D eigenvalue weighted by Gasteiger charge is -2.10. The van der Waals surface area contributed by atoms with Crippen molar-refractivity contribution >= 4 is 15.8 Å². The topological polar surface area (TPSA) is 118 Å². The highest BCUT2D eigenvalue weighted by Gasteiger charge is 2.20. The van der Waals surface area contributed by atoms with Gasteiger partial charge in [0, 0.05) is 11.8 Å². The Bertz CT molecular complexity index is 523. The fraction of sp³-hybridized carbons (Fsp3) is 0.222. The number of rotatable bonds is 3. The lowest BCUT2D eigenvalue weighted by atomic mass is 10.1. The van der Waals surface area contributed by atoms with Crippen LogP contribution in [0.4, 0.5) is 0 Å². The van der Waals surface area contributed by atoms with Gasteiger partial charge in [-0.15, -0.1) is 0 Å². The molecule has 6 nitrogen and oxygen atoms in total. The van der Waals surface area contributed by atoms with Gasteiger partial charge >= 0.3 is 5.97 Å². The Kier molecular flexibility index (Phi) is 3.20. The van der Waals surface area contributed by atoms with Crippen LogP contribution in [0.15, 0.2) is 23.1 Å². The van der Waals surface area contributed by atoms with Crippen LogP contribution in [0, 0.1) is 0 Å². The number of aromatic hydroxyl groups is 1. The highest BCUT2D eigenvalue weighted by molar-refractivity contribution is 7.90. The number of hydrogen-bond acceptors (Lipinski definition) is 5. The summed E-state index contributed by atoms with van der Waals surface area (Å²) in [6, 6.07) is 1.89. The van der Waals surface area contributed by atoms with E-state index in [9.17, 15) is 18.3 Å². The van der Waals surface area contributed by atoms with Crippen LogP contribution in [0.5, 0.6) is 5.75 Å². The Balaban J connectivity index is 3.35. The predicted octanol–water partition coefficient (Wildman–Crippen LogP) is -0.120. The first-order valence-electron chi connectivity index (χ1n) is 4.25. The van der Waals surface area contributed by atoms with Gasteiger partial charge in [-0.25, -0.2) is 8.42 Å². The fourth-order valence-electron chi connectivity index (χ4n) is 1.15. The van der Waals surface area contributed by atoms with Crippen LogP contribution in [-0.2, 0) is 14.6 Å². The van der Waals surface area contributed by atoms with Gasteiger partial charge in [0.2, 0.25) is 0 Å². The molecule has 88 valence electrons. The van der Waals surface area contributed by atoms with E-state index in [1.807, 2.05) is 0 Å². The molecule has 0 aliphatic carbocycles. The maximum absolute atomic E-state index is 11.2. The number of carboxylic acids is 1. The van der Waals surface area contributed by atoms with E-state index in [0.29, 0.717) is 0 Å². The van der Waals surface area contributed by atoms with E-state index in [1.165, 1.54) is 6.07 Å². The molecule has 1 aromatic rings. The molecule has 0 amide bonds. The highest BCUT2D eigenvalue weighted by atomic mass is 32.2. The first-order valence-corrected chi connectivity index (χ1v) is 6.14. The summed E-state index contributed by atoms with van der Waals surface area (Å²) in [6.45, 7) is 0. The van der Waals surface area contributed by atoms with Crippen LogP contribution in [0.25, 0.3) is 0 Å². The Morgan fingerprint density at radius 2 is 2.00 bits per heavy atom. The summed E-state index contributed by atoms with van der Waals surface area (Å²) in [5, 5.41) is 18.0.